The fraction of sp³-hybridized carbons (Fsp3) is 0.467. The molecule has 0 spiro atoms. The van der Waals surface area contributed by atoms with Crippen molar-refractivity contribution in [2.75, 3.05) is 6.61 Å². The summed E-state index contributed by atoms with van der Waals surface area (Å²) in [5.41, 5.74) is 0.618. The minimum absolute atomic E-state index is 0.407. The first-order valence-corrected chi connectivity index (χ1v) is 7.16. The van der Waals surface area contributed by atoms with E-state index in [0.29, 0.717) is 37.3 Å². The van der Waals surface area contributed by atoms with Gasteiger partial charge in [0.1, 0.15) is 5.75 Å². The molecule has 0 bridgehead atoms. The lowest BCUT2D eigenvalue weighted by Crippen LogP contribution is -2.07. The van der Waals surface area contributed by atoms with Crippen LogP contribution in [0.3, 0.4) is 0 Å². The predicted molar refractivity (Wildman–Crippen MR) is 75.7 cm³/mol. The van der Waals surface area contributed by atoms with E-state index in [2.05, 4.69) is 10.3 Å². The zero-order valence-corrected chi connectivity index (χ0v) is 12.5. The van der Waals surface area contributed by atoms with Crippen LogP contribution >= 0.6 is 0 Å². The Balaban J connectivity index is 2.19. The van der Waals surface area contributed by atoms with Gasteiger partial charge in [0.2, 0.25) is 0 Å². The molecule has 0 N–H and O–H groups in total. The Morgan fingerprint density at radius 3 is 2.55 bits per heavy atom. The minimum atomic E-state index is -4.36. The molecule has 0 fully saturated rings. The highest BCUT2D eigenvalue weighted by atomic mass is 19.4. The quantitative estimate of drug-likeness (QED) is 0.819. The predicted octanol–water partition coefficient (Wildman–Crippen LogP) is 3.50. The third kappa shape index (κ3) is 3.99. The number of alkyl halides is 3. The number of hydrogen-bond donors (Lipinski definition) is 0. The van der Waals surface area contributed by atoms with Gasteiger partial charge in [-0.15, -0.1) is 5.10 Å². The van der Waals surface area contributed by atoms with Gasteiger partial charge < -0.3 is 4.74 Å². The van der Waals surface area contributed by atoms with Crippen LogP contribution in [0.4, 0.5) is 13.2 Å². The molecular weight excluding hydrogens is 295 g/mol. The summed E-state index contributed by atoms with van der Waals surface area (Å²) in [5, 5.41) is 7.92. The van der Waals surface area contributed by atoms with Gasteiger partial charge in [0.05, 0.1) is 17.9 Å². The van der Waals surface area contributed by atoms with Crippen LogP contribution in [-0.2, 0) is 25.6 Å². The molecule has 0 radical (unpaired) electrons. The smallest absolute Gasteiger partial charge is 0.416 e. The molecule has 22 heavy (non-hydrogen) atoms. The second-order valence-electron chi connectivity index (χ2n) is 4.82. The van der Waals surface area contributed by atoms with Crippen molar-refractivity contribution in [1.29, 1.82) is 0 Å². The van der Waals surface area contributed by atoms with Gasteiger partial charge in [-0.25, -0.2) is 0 Å². The van der Waals surface area contributed by atoms with Gasteiger partial charge in [0.25, 0.3) is 0 Å². The van der Waals surface area contributed by atoms with E-state index < -0.39 is 11.7 Å². The Kier molecular flexibility index (Phi) is 5.05. The summed E-state index contributed by atoms with van der Waals surface area (Å²) in [5.74, 6) is 0.485. The second-order valence-corrected chi connectivity index (χ2v) is 4.82. The van der Waals surface area contributed by atoms with Crippen LogP contribution in [-0.4, -0.2) is 21.6 Å². The zero-order chi connectivity index (χ0) is 16.2. The molecule has 0 saturated carbocycles. The summed E-state index contributed by atoms with van der Waals surface area (Å²) in [7, 11) is 0. The van der Waals surface area contributed by atoms with Gasteiger partial charge >= 0.3 is 6.18 Å². The number of halogens is 3. The molecule has 2 rings (SSSR count). The van der Waals surface area contributed by atoms with Crippen LogP contribution in [0, 0.1) is 0 Å². The van der Waals surface area contributed by atoms with Crippen molar-refractivity contribution in [3.8, 4) is 5.75 Å². The van der Waals surface area contributed by atoms with Gasteiger partial charge in [-0.3, -0.25) is 4.68 Å². The Morgan fingerprint density at radius 2 is 1.95 bits per heavy atom. The third-order valence-corrected chi connectivity index (χ3v) is 3.25. The number of aromatic nitrogens is 3. The molecule has 4 nitrogen and oxygen atoms in total. The number of rotatable bonds is 6. The molecule has 0 saturated heterocycles. The van der Waals surface area contributed by atoms with Gasteiger partial charge in [-0.05, 0) is 50.5 Å². The van der Waals surface area contributed by atoms with Crippen LogP contribution in [0.15, 0.2) is 24.4 Å². The van der Waals surface area contributed by atoms with Crippen molar-refractivity contribution >= 4 is 0 Å². The third-order valence-electron chi connectivity index (χ3n) is 3.25. The summed E-state index contributed by atoms with van der Waals surface area (Å²) in [6.07, 6.45) is -1.62. The molecule has 0 unspecified atom stereocenters. The van der Waals surface area contributed by atoms with E-state index in [0.717, 1.165) is 17.8 Å². The van der Waals surface area contributed by atoms with E-state index in [1.165, 1.54) is 6.07 Å². The molecule has 7 heteroatoms. The van der Waals surface area contributed by atoms with Crippen LogP contribution in [0.5, 0.6) is 5.75 Å². The minimum Gasteiger partial charge on any atom is -0.494 e. The summed E-state index contributed by atoms with van der Waals surface area (Å²) >= 11 is 0. The molecule has 1 aromatic carbocycles. The van der Waals surface area contributed by atoms with E-state index in [9.17, 15) is 13.2 Å². The van der Waals surface area contributed by atoms with Gasteiger partial charge in [-0.1, -0.05) is 5.21 Å². The lowest BCUT2D eigenvalue weighted by molar-refractivity contribution is -0.137. The molecule has 0 aliphatic rings. The first kappa shape index (κ1) is 16.3. The SMILES string of the molecule is CCOc1ccc(C(F)(F)F)cc1CCc1cn(CC)nn1. The number of hydrogen-bond acceptors (Lipinski definition) is 3. The second kappa shape index (κ2) is 6.81. The molecule has 120 valence electrons. The van der Waals surface area contributed by atoms with Crippen molar-refractivity contribution in [2.45, 2.75) is 39.4 Å². The number of aryl methyl sites for hydroxylation is 3. The Morgan fingerprint density at radius 1 is 1.18 bits per heavy atom. The molecule has 0 atom stereocenters. The van der Waals surface area contributed by atoms with E-state index in [-0.39, 0.29) is 0 Å². The van der Waals surface area contributed by atoms with Crippen molar-refractivity contribution in [3.05, 3.63) is 41.2 Å². The Labute approximate surface area is 126 Å². The fourth-order valence-electron chi connectivity index (χ4n) is 2.12. The van der Waals surface area contributed by atoms with E-state index >= 15 is 0 Å². The largest absolute Gasteiger partial charge is 0.494 e. The van der Waals surface area contributed by atoms with E-state index in [1.54, 1.807) is 17.8 Å². The molecule has 2 aromatic rings. The molecule has 1 heterocycles. The van der Waals surface area contributed by atoms with Crippen molar-refractivity contribution in [2.24, 2.45) is 0 Å². The molecular formula is C15H18F3N3O. The Bertz CT molecular complexity index is 623. The summed E-state index contributed by atoms with van der Waals surface area (Å²) in [6.45, 7) is 4.86. The topological polar surface area (TPSA) is 39.9 Å². The van der Waals surface area contributed by atoms with Crippen LogP contribution in [0.1, 0.15) is 30.7 Å². The molecule has 0 aliphatic carbocycles. The normalized spacial score (nSPS) is 11.7. The molecule has 1 aromatic heterocycles. The number of nitrogens with zero attached hydrogens (tertiary/aromatic N) is 3. The van der Waals surface area contributed by atoms with E-state index in [1.807, 2.05) is 6.92 Å². The van der Waals surface area contributed by atoms with Gasteiger partial charge in [0, 0.05) is 12.7 Å². The Hall–Kier alpha value is -2.05. The maximum absolute atomic E-state index is 12.8. The average Bonchev–Trinajstić information content (AvgIpc) is 2.93. The zero-order valence-electron chi connectivity index (χ0n) is 12.5. The molecule has 0 amide bonds. The van der Waals surface area contributed by atoms with Gasteiger partial charge in [0.15, 0.2) is 0 Å². The first-order valence-electron chi connectivity index (χ1n) is 7.16. The summed E-state index contributed by atoms with van der Waals surface area (Å²) in [4.78, 5) is 0. The number of ether oxygens (including phenoxy) is 1. The summed E-state index contributed by atoms with van der Waals surface area (Å²) < 4.78 is 45.6. The van der Waals surface area contributed by atoms with Crippen LogP contribution in [0.25, 0.3) is 0 Å². The maximum Gasteiger partial charge on any atom is 0.416 e. The van der Waals surface area contributed by atoms with Crippen LogP contribution in [0.2, 0.25) is 0 Å². The average molecular weight is 313 g/mol. The lowest BCUT2D eigenvalue weighted by Gasteiger charge is -2.13. The van der Waals surface area contributed by atoms with E-state index in [4.69, 9.17) is 4.74 Å². The highest BCUT2D eigenvalue weighted by molar-refractivity contribution is 5.38. The fourth-order valence-corrected chi connectivity index (χ4v) is 2.12. The maximum atomic E-state index is 12.8. The standard InChI is InChI=1S/C15H18F3N3O/c1-3-21-10-13(19-20-21)7-5-11-9-12(15(16,17)18)6-8-14(11)22-4-2/h6,8-10H,3-5,7H2,1-2H3. The van der Waals surface area contributed by atoms with Crippen molar-refractivity contribution in [1.82, 2.24) is 15.0 Å². The highest BCUT2D eigenvalue weighted by Gasteiger charge is 2.31. The summed E-state index contributed by atoms with van der Waals surface area (Å²) in [6, 6.07) is 3.57. The first-order chi connectivity index (χ1) is 10.4. The molecule has 0 aliphatic heterocycles. The monoisotopic (exact) mass is 313 g/mol. The number of benzene rings is 1. The van der Waals surface area contributed by atoms with Crippen molar-refractivity contribution < 1.29 is 17.9 Å². The highest BCUT2D eigenvalue weighted by Crippen LogP contribution is 2.33. The van der Waals surface area contributed by atoms with Crippen LogP contribution < -0.4 is 4.74 Å². The lowest BCUT2D eigenvalue weighted by atomic mass is 10.0. The van der Waals surface area contributed by atoms with Gasteiger partial charge in [-0.2, -0.15) is 13.2 Å². The van der Waals surface area contributed by atoms with Crippen molar-refractivity contribution in [3.63, 3.8) is 0 Å².